The number of carboxylic acid groups (broad SMARTS) is 1. The second-order valence-electron chi connectivity index (χ2n) is 10.3. The number of hydrogen-bond acceptors (Lipinski definition) is 2. The molecule has 206 valence electrons. The van der Waals surface area contributed by atoms with Crippen molar-refractivity contribution in [3.05, 3.63) is 130 Å². The summed E-state index contributed by atoms with van der Waals surface area (Å²) in [5, 5.41) is 13.6. The highest BCUT2D eigenvalue weighted by Crippen LogP contribution is 2.30. The number of nitrogens with one attached hydrogen (secondary N) is 1. The fraction of sp³-hybridized carbons (Fsp3) is 0.235. The lowest BCUT2D eigenvalue weighted by atomic mass is 9.85. The zero-order valence-corrected chi connectivity index (χ0v) is 23.9. The normalized spacial score (nSPS) is 13.3. The first-order valence-corrected chi connectivity index (χ1v) is 14.2. The van der Waals surface area contributed by atoms with Crippen LogP contribution in [-0.2, 0) is 22.4 Å². The van der Waals surface area contributed by atoms with E-state index in [2.05, 4.69) is 41.7 Å². The lowest BCUT2D eigenvalue weighted by molar-refractivity contribution is -0.138. The Morgan fingerprint density at radius 1 is 0.725 bits per heavy atom. The van der Waals surface area contributed by atoms with E-state index in [1.54, 1.807) is 6.07 Å². The highest BCUT2D eigenvalue weighted by Gasteiger charge is 2.24. The van der Waals surface area contributed by atoms with E-state index in [1.165, 1.54) is 0 Å². The largest absolute Gasteiger partial charge is 0.481 e. The summed E-state index contributed by atoms with van der Waals surface area (Å²) in [7, 11) is 0. The summed E-state index contributed by atoms with van der Waals surface area (Å²) in [6.45, 7) is 1.99. The van der Waals surface area contributed by atoms with Crippen molar-refractivity contribution in [3.8, 4) is 11.1 Å². The third-order valence-corrected chi connectivity index (χ3v) is 7.92. The molecule has 0 heterocycles. The zero-order valence-electron chi connectivity index (χ0n) is 22.4. The number of carboxylic acids is 1. The summed E-state index contributed by atoms with van der Waals surface area (Å²) < 4.78 is 0. The van der Waals surface area contributed by atoms with Crippen molar-refractivity contribution in [2.45, 2.75) is 44.6 Å². The van der Waals surface area contributed by atoms with Crippen molar-refractivity contribution in [1.29, 1.82) is 0 Å². The molecule has 4 nitrogen and oxygen atoms in total. The Kier molecular flexibility index (Phi) is 10.4. The van der Waals surface area contributed by atoms with Gasteiger partial charge in [0.25, 0.3) is 0 Å². The van der Waals surface area contributed by atoms with Crippen LogP contribution in [0.15, 0.2) is 103 Å². The van der Waals surface area contributed by atoms with E-state index in [-0.39, 0.29) is 36.6 Å². The maximum Gasteiger partial charge on any atom is 0.303 e. The van der Waals surface area contributed by atoms with Crippen molar-refractivity contribution in [2.24, 2.45) is 5.92 Å². The molecule has 0 aromatic heterocycles. The van der Waals surface area contributed by atoms with Crippen LogP contribution in [0.3, 0.4) is 0 Å². The van der Waals surface area contributed by atoms with Crippen LogP contribution in [0.4, 0.5) is 0 Å². The molecule has 6 heteroatoms. The smallest absolute Gasteiger partial charge is 0.303 e. The van der Waals surface area contributed by atoms with Crippen molar-refractivity contribution < 1.29 is 14.7 Å². The van der Waals surface area contributed by atoms with E-state index < -0.39 is 5.97 Å². The fourth-order valence-electron chi connectivity index (χ4n) is 5.14. The molecule has 3 atom stereocenters. The molecule has 2 N–H and O–H groups in total. The predicted octanol–water partition coefficient (Wildman–Crippen LogP) is 8.22. The molecular formula is C34H33Cl2NO3. The number of carbonyl (C=O) groups excluding carboxylic acids is 1. The summed E-state index contributed by atoms with van der Waals surface area (Å²) in [6.07, 6.45) is 1.25. The van der Waals surface area contributed by atoms with Gasteiger partial charge in [0.2, 0.25) is 5.91 Å². The number of aliphatic carboxylic acids is 1. The Morgan fingerprint density at radius 3 is 1.98 bits per heavy atom. The molecule has 0 aliphatic heterocycles. The molecule has 4 aromatic carbocycles. The van der Waals surface area contributed by atoms with Gasteiger partial charge in [0.1, 0.15) is 0 Å². The summed E-state index contributed by atoms with van der Waals surface area (Å²) in [4.78, 5) is 24.7. The summed E-state index contributed by atoms with van der Waals surface area (Å²) in [5.74, 6) is -1.41. The molecule has 0 bridgehead atoms. The molecule has 1 amide bonds. The standard InChI is InChI=1S/C34H33Cl2NO3/c1-23(37-33(38)21-26(22-34(39)40)18-24-8-4-2-5-9-24)30(19-25-12-17-31(35)32(36)20-25)29-15-13-28(14-16-29)27-10-6-3-7-11-27/h2-17,20,23,26,30H,18-19,21-22H2,1H3,(H,37,38)(H,39,40). The van der Waals surface area contributed by atoms with E-state index in [0.29, 0.717) is 22.9 Å². The second kappa shape index (κ2) is 14.2. The van der Waals surface area contributed by atoms with E-state index in [1.807, 2.05) is 67.6 Å². The van der Waals surface area contributed by atoms with E-state index in [4.69, 9.17) is 23.2 Å². The van der Waals surface area contributed by atoms with Gasteiger partial charge in [-0.1, -0.05) is 114 Å². The monoisotopic (exact) mass is 573 g/mol. The maximum atomic E-state index is 13.2. The van der Waals surface area contributed by atoms with Gasteiger partial charge in [0, 0.05) is 24.8 Å². The first kappa shape index (κ1) is 29.4. The SMILES string of the molecule is CC(NC(=O)CC(CC(=O)O)Cc1ccccc1)C(Cc1ccc(Cl)c(Cl)c1)c1ccc(-c2ccccc2)cc1. The lowest BCUT2D eigenvalue weighted by Crippen LogP contribution is -2.39. The van der Waals surface area contributed by atoms with Crippen LogP contribution in [-0.4, -0.2) is 23.0 Å². The molecule has 0 spiro atoms. The molecule has 40 heavy (non-hydrogen) atoms. The minimum absolute atomic E-state index is 0.0435. The minimum atomic E-state index is -0.905. The first-order valence-electron chi connectivity index (χ1n) is 13.4. The van der Waals surface area contributed by atoms with Gasteiger partial charge in [0.05, 0.1) is 10.0 Å². The van der Waals surface area contributed by atoms with Crippen molar-refractivity contribution in [1.82, 2.24) is 5.32 Å². The van der Waals surface area contributed by atoms with E-state index >= 15 is 0 Å². The Bertz CT molecular complexity index is 1410. The Morgan fingerprint density at radius 2 is 1.35 bits per heavy atom. The van der Waals surface area contributed by atoms with Crippen LogP contribution in [0.1, 0.15) is 42.4 Å². The lowest BCUT2D eigenvalue weighted by Gasteiger charge is -2.27. The minimum Gasteiger partial charge on any atom is -0.481 e. The molecule has 0 saturated carbocycles. The fourth-order valence-corrected chi connectivity index (χ4v) is 5.46. The molecule has 0 aliphatic rings. The van der Waals surface area contributed by atoms with Gasteiger partial charge in [-0.25, -0.2) is 0 Å². The molecule has 0 fully saturated rings. The predicted molar refractivity (Wildman–Crippen MR) is 163 cm³/mol. The second-order valence-corrected chi connectivity index (χ2v) is 11.1. The molecule has 4 aromatic rings. The van der Waals surface area contributed by atoms with Crippen LogP contribution < -0.4 is 5.32 Å². The van der Waals surface area contributed by atoms with Crippen LogP contribution in [0.5, 0.6) is 0 Å². The number of halogens is 2. The Balaban J connectivity index is 1.53. The third-order valence-electron chi connectivity index (χ3n) is 7.18. The summed E-state index contributed by atoms with van der Waals surface area (Å²) in [5.41, 5.74) is 5.38. The quantitative estimate of drug-likeness (QED) is 0.179. The molecule has 3 unspecified atom stereocenters. The average Bonchev–Trinajstić information content (AvgIpc) is 2.94. The van der Waals surface area contributed by atoms with Crippen LogP contribution in [0.25, 0.3) is 11.1 Å². The average molecular weight is 575 g/mol. The highest BCUT2D eigenvalue weighted by atomic mass is 35.5. The van der Waals surface area contributed by atoms with Gasteiger partial charge in [-0.15, -0.1) is 0 Å². The summed E-state index contributed by atoms with van der Waals surface area (Å²) >= 11 is 12.5. The van der Waals surface area contributed by atoms with Crippen LogP contribution in [0, 0.1) is 5.92 Å². The van der Waals surface area contributed by atoms with Crippen LogP contribution >= 0.6 is 23.2 Å². The van der Waals surface area contributed by atoms with Gasteiger partial charge in [-0.05, 0) is 65.6 Å². The van der Waals surface area contributed by atoms with E-state index in [0.717, 1.165) is 27.8 Å². The van der Waals surface area contributed by atoms with Crippen molar-refractivity contribution in [3.63, 3.8) is 0 Å². The maximum absolute atomic E-state index is 13.2. The van der Waals surface area contributed by atoms with Crippen molar-refractivity contribution in [2.75, 3.05) is 0 Å². The first-order chi connectivity index (χ1) is 19.3. The van der Waals surface area contributed by atoms with Gasteiger partial charge in [0.15, 0.2) is 0 Å². The Hall–Kier alpha value is -3.60. The van der Waals surface area contributed by atoms with Gasteiger partial charge in [-0.2, -0.15) is 0 Å². The zero-order chi connectivity index (χ0) is 28.5. The van der Waals surface area contributed by atoms with Gasteiger partial charge >= 0.3 is 5.97 Å². The number of hydrogen-bond donors (Lipinski definition) is 2. The third kappa shape index (κ3) is 8.45. The Labute approximate surface area is 246 Å². The van der Waals surface area contributed by atoms with E-state index in [9.17, 15) is 14.7 Å². The van der Waals surface area contributed by atoms with Crippen LogP contribution in [0.2, 0.25) is 10.0 Å². The summed E-state index contributed by atoms with van der Waals surface area (Å²) in [6, 6.07) is 33.7. The molecule has 0 saturated heterocycles. The number of benzene rings is 4. The number of carbonyl (C=O) groups is 2. The number of amides is 1. The van der Waals surface area contributed by atoms with Crippen molar-refractivity contribution >= 4 is 35.1 Å². The topological polar surface area (TPSA) is 66.4 Å². The highest BCUT2D eigenvalue weighted by molar-refractivity contribution is 6.42. The molecule has 4 rings (SSSR count). The number of rotatable bonds is 12. The molecular weight excluding hydrogens is 541 g/mol. The van der Waals surface area contributed by atoms with Gasteiger partial charge < -0.3 is 10.4 Å². The van der Waals surface area contributed by atoms with Gasteiger partial charge in [-0.3, -0.25) is 9.59 Å². The molecule has 0 radical (unpaired) electrons. The molecule has 0 aliphatic carbocycles.